The van der Waals surface area contributed by atoms with Crippen LogP contribution in [-0.2, 0) is 80.0 Å². The van der Waals surface area contributed by atoms with Crippen LogP contribution in [-0.4, -0.2) is 211 Å². The lowest BCUT2D eigenvalue weighted by Crippen LogP contribution is -2.62. The minimum absolute atomic E-state index is 0.00481. The first kappa shape index (κ1) is 84.3. The highest BCUT2D eigenvalue weighted by molar-refractivity contribution is 8.14. The van der Waals surface area contributed by atoms with Crippen LogP contribution in [0, 0.1) is 23.7 Å². The first-order valence-corrected chi connectivity index (χ1v) is 35.2. The maximum absolute atomic E-state index is 14.9. The van der Waals surface area contributed by atoms with Gasteiger partial charge in [0, 0.05) is 43.5 Å². The number of rotatable bonds is 31. The number of aliphatic imine (C=N–C) groups is 1. The molecule has 35 heteroatoms. The number of aliphatic hydroxyl groups is 1. The monoisotopic (exact) mass is 1440 g/mol. The average Bonchev–Trinajstić information content (AvgIpc) is 1.82. The number of imidazole rings is 1. The number of carbonyl (C=O) groups is 14. The van der Waals surface area contributed by atoms with Gasteiger partial charge in [-0.2, -0.15) is 0 Å². The van der Waals surface area contributed by atoms with Crippen molar-refractivity contribution in [1.29, 1.82) is 0 Å². The molecule has 12 amide bonds. The Balaban J connectivity index is 1.78. The fraction of sp³-hybridized carbons (Fsp3) is 0.636. The molecule has 560 valence electrons. The van der Waals surface area contributed by atoms with Crippen LogP contribution in [0.15, 0.2) is 47.8 Å². The van der Waals surface area contributed by atoms with E-state index in [0.717, 1.165) is 6.42 Å². The van der Waals surface area contributed by atoms with Crippen LogP contribution >= 0.6 is 11.8 Å². The maximum Gasteiger partial charge on any atom is 0.332 e. The molecule has 34 nitrogen and oxygen atoms in total. The highest BCUT2D eigenvalue weighted by atomic mass is 32.2. The van der Waals surface area contributed by atoms with Crippen molar-refractivity contribution in [3.05, 3.63) is 54.1 Å². The van der Waals surface area contributed by atoms with Gasteiger partial charge in [0.25, 0.3) is 0 Å². The van der Waals surface area contributed by atoms with Crippen molar-refractivity contribution in [1.82, 2.24) is 68.5 Å². The Bertz CT molecular complexity index is 3200. The third kappa shape index (κ3) is 27.8. The van der Waals surface area contributed by atoms with Crippen LogP contribution in [0.2, 0.25) is 0 Å². The number of hydrogen-bond donors (Lipinski definition) is 18. The molecule has 21 N–H and O–H groups in total. The van der Waals surface area contributed by atoms with Gasteiger partial charge < -0.3 is 96.0 Å². The average molecular weight is 1440 g/mol. The van der Waals surface area contributed by atoms with Gasteiger partial charge in [-0.1, -0.05) is 105 Å². The lowest BCUT2D eigenvalue weighted by molar-refractivity contribution is -0.148. The van der Waals surface area contributed by atoms with E-state index in [-0.39, 0.29) is 101 Å². The smallest absolute Gasteiger partial charge is 0.332 e. The molecule has 16 atom stereocenters. The molecule has 2 aromatic rings. The summed E-state index contributed by atoms with van der Waals surface area (Å²) in [5, 5.41) is 59.3. The highest BCUT2D eigenvalue weighted by Crippen LogP contribution is 2.25. The number of hydrogen-bond acceptors (Lipinski definition) is 20. The number of carboxylic acids is 2. The van der Waals surface area contributed by atoms with Crippen LogP contribution in [0.3, 0.4) is 0 Å². The molecule has 0 spiro atoms. The van der Waals surface area contributed by atoms with Gasteiger partial charge in [-0.25, -0.2) is 9.78 Å². The molecule has 1 saturated heterocycles. The number of thioether (sulfide) groups is 1. The van der Waals surface area contributed by atoms with Gasteiger partial charge in [-0.05, 0) is 74.3 Å². The summed E-state index contributed by atoms with van der Waals surface area (Å²) in [5.74, 6) is -16.6. The summed E-state index contributed by atoms with van der Waals surface area (Å²) < 4.78 is 0. The van der Waals surface area contributed by atoms with Crippen LogP contribution in [0.25, 0.3) is 0 Å². The van der Waals surface area contributed by atoms with Gasteiger partial charge in [0.1, 0.15) is 66.5 Å². The SMILES string of the molecule is CC[C@H](C)[C@H](N)C1=N[C@H](C(=O)N[C@@H](CC(C)C)C(=O)N[C@H](CC(O)C(=O)O)C(=O)N[C@H](C(=O)N[C@H]2CCCCNC(=O)[C@H](CC(N)=O)NC(=O)[C@@H](CC(=O)O)NC(=O)[C@H](Cc3cnc[nH]3)NC(=O)[C@@H](Cc3ccccc3)NC(=O)[C@H]([C@@H](C)CC)NC(=O)[C@@H](CCCN)NC2=O)[C@@H](C)CC)CS1. The Morgan fingerprint density at radius 3 is 1.83 bits per heavy atom. The van der Waals surface area contributed by atoms with E-state index in [4.69, 9.17) is 17.2 Å². The Labute approximate surface area is 590 Å². The number of benzene rings is 1. The molecule has 2 aliphatic rings. The maximum atomic E-state index is 14.9. The van der Waals surface area contributed by atoms with Gasteiger partial charge in [0.15, 0.2) is 6.10 Å². The third-order valence-electron chi connectivity index (χ3n) is 17.6. The Kier molecular flexibility index (Phi) is 35.3. The second kappa shape index (κ2) is 42.2. The lowest BCUT2D eigenvalue weighted by Gasteiger charge is -2.31. The summed E-state index contributed by atoms with van der Waals surface area (Å²) in [6.07, 6.45) is -2.05. The van der Waals surface area contributed by atoms with Crippen molar-refractivity contribution >= 4 is 99.6 Å². The number of aliphatic hydroxyl groups excluding tert-OH is 1. The molecule has 0 bridgehead atoms. The molecule has 1 aromatic heterocycles. The van der Waals surface area contributed by atoms with Crippen molar-refractivity contribution < 1.29 is 82.4 Å². The Morgan fingerprint density at radius 1 is 0.663 bits per heavy atom. The van der Waals surface area contributed by atoms with Crippen LogP contribution in [0.4, 0.5) is 0 Å². The molecule has 2 aliphatic heterocycles. The number of carboxylic acid groups (broad SMARTS) is 2. The molecule has 0 saturated carbocycles. The van der Waals surface area contributed by atoms with Crippen LogP contribution in [0.5, 0.6) is 0 Å². The zero-order chi connectivity index (χ0) is 75.2. The zero-order valence-corrected chi connectivity index (χ0v) is 59.3. The molecule has 1 fully saturated rings. The topological polar surface area (TPSA) is 551 Å². The van der Waals surface area contributed by atoms with E-state index in [1.165, 1.54) is 24.3 Å². The number of nitrogens with two attached hydrogens (primary N) is 3. The zero-order valence-electron chi connectivity index (χ0n) is 58.5. The first-order chi connectivity index (χ1) is 47.8. The van der Waals surface area contributed by atoms with Gasteiger partial charge in [0.05, 0.1) is 30.3 Å². The third-order valence-corrected chi connectivity index (χ3v) is 18.7. The van der Waals surface area contributed by atoms with Gasteiger partial charge >= 0.3 is 11.9 Å². The number of carbonyl (C=O) groups excluding carboxylic acids is 12. The van der Waals surface area contributed by atoms with Crippen LogP contribution in [0.1, 0.15) is 144 Å². The molecular weight excluding hydrogens is 1330 g/mol. The predicted molar refractivity (Wildman–Crippen MR) is 371 cm³/mol. The number of H-pyrrole nitrogens is 1. The highest BCUT2D eigenvalue weighted by Gasteiger charge is 2.40. The van der Waals surface area contributed by atoms with Gasteiger partial charge in [-0.15, -0.1) is 11.8 Å². The molecule has 4 rings (SSSR count). The van der Waals surface area contributed by atoms with Gasteiger partial charge in [-0.3, -0.25) is 67.3 Å². The number of primary amides is 1. The van der Waals surface area contributed by atoms with E-state index >= 15 is 0 Å². The molecule has 3 heterocycles. The number of nitrogens with zero attached hydrogens (tertiary/aromatic N) is 2. The number of amides is 12. The fourth-order valence-electron chi connectivity index (χ4n) is 10.9. The Morgan fingerprint density at radius 2 is 1.25 bits per heavy atom. The van der Waals surface area contributed by atoms with E-state index in [1.54, 1.807) is 71.9 Å². The molecule has 1 aromatic carbocycles. The van der Waals surface area contributed by atoms with Crippen molar-refractivity contribution in [2.45, 2.75) is 224 Å². The normalized spacial score (nSPS) is 23.4. The van der Waals surface area contributed by atoms with Crippen LogP contribution < -0.4 is 75.7 Å². The minimum Gasteiger partial charge on any atom is -0.481 e. The molecule has 1 unspecified atom stereocenters. The van der Waals surface area contributed by atoms with Gasteiger partial charge in [0.2, 0.25) is 70.9 Å². The van der Waals surface area contributed by atoms with E-state index in [1.807, 2.05) is 13.8 Å². The second-order valence-electron chi connectivity index (χ2n) is 26.1. The summed E-state index contributed by atoms with van der Waals surface area (Å²) >= 11 is 1.32. The number of nitrogens with one attached hydrogen (secondary N) is 12. The minimum atomic E-state index is -2.24. The van der Waals surface area contributed by atoms with Crippen molar-refractivity contribution in [2.24, 2.45) is 45.9 Å². The number of aromatic amines is 1. The molecule has 0 aliphatic carbocycles. The Hall–Kier alpha value is -9.09. The quantitative estimate of drug-likeness (QED) is 0.0365. The second-order valence-corrected chi connectivity index (χ2v) is 27.2. The van der Waals surface area contributed by atoms with E-state index in [0.29, 0.717) is 10.6 Å². The predicted octanol–water partition coefficient (Wildman–Crippen LogP) is -2.71. The lowest BCUT2D eigenvalue weighted by atomic mass is 9.96. The van der Waals surface area contributed by atoms with Crippen molar-refractivity contribution in [3.63, 3.8) is 0 Å². The summed E-state index contributed by atoms with van der Waals surface area (Å²) in [7, 11) is 0. The number of aliphatic carboxylic acids is 2. The summed E-state index contributed by atoms with van der Waals surface area (Å²) in [4.78, 5) is 207. The molecule has 0 radical (unpaired) electrons. The first-order valence-electron chi connectivity index (χ1n) is 34.2. The van der Waals surface area contributed by atoms with Crippen molar-refractivity contribution in [2.75, 3.05) is 18.8 Å². The van der Waals surface area contributed by atoms with E-state index in [2.05, 4.69) is 73.4 Å². The summed E-state index contributed by atoms with van der Waals surface area (Å²) in [6.45, 7) is 13.9. The molecular formula is C66H103N17O17S. The molecule has 101 heavy (non-hydrogen) atoms. The largest absolute Gasteiger partial charge is 0.481 e. The summed E-state index contributed by atoms with van der Waals surface area (Å²) in [5.41, 5.74) is 18.7. The standard InChI is InChI=1S/C66H103N17O17S/c1-9-34(6)51(69)65-81-47(31-101-65)62(96)75-41(24-33(4)5)57(91)77-44(27-48(84)66(99)100)61(95)83-52(35(7)10-2)63(97)74-39-20-15-16-23-71-54(88)45(28-49(68)85)78-60(94)46(29-50(86)87)79-59(93)43(26-38-30-70-32-72-38)76-58(92)42(25-37-18-13-12-14-19-37)80-64(98)53(36(8)11-3)82-56(90)40(21-17-22-67)73-55(39)89/h12-14,18-19,30,32-36,39-48,51-53,84H,9-11,15-17,20-29,31,67,69H2,1-8H3,(H2,68,85)(H,70,72)(H,71,88)(H,73,89)(H,74,97)(H,75,96)(H,76,92)(H,77,91)(H,78,94)(H,79,93)(H,80,98)(H,82,90)(H,83,95)(H,86,87)(H,99,100)/t34-,35-,36-,39-,40+,41-,42+,43-,44+,45-,46+,47-,48?,51-,52-,53-/m0/s1. The van der Waals surface area contributed by atoms with E-state index in [9.17, 15) is 82.4 Å². The summed E-state index contributed by atoms with van der Waals surface area (Å²) in [6, 6.07) is -9.04. The van der Waals surface area contributed by atoms with Crippen molar-refractivity contribution in [3.8, 4) is 0 Å². The number of aromatic nitrogens is 2. The van der Waals surface area contributed by atoms with E-state index < -0.39 is 193 Å². The fourth-order valence-corrected chi connectivity index (χ4v) is 12.1.